The molecule has 0 aliphatic rings. The Morgan fingerprint density at radius 1 is 1.12 bits per heavy atom. The molecule has 0 unspecified atom stereocenters. The van der Waals surface area contributed by atoms with Crippen molar-refractivity contribution in [2.75, 3.05) is 11.5 Å². The number of carbonyl (C=O) groups is 1. The van der Waals surface area contributed by atoms with Crippen molar-refractivity contribution in [3.63, 3.8) is 0 Å². The SMILES string of the molecule is N[C@@H](CCSSCC[C@H](N)C(O)=[Se])C(=O)O. The van der Waals surface area contributed by atoms with Crippen molar-refractivity contribution in [3.8, 4) is 0 Å². The van der Waals surface area contributed by atoms with Crippen LogP contribution in [0.15, 0.2) is 0 Å². The second kappa shape index (κ2) is 9.32. The van der Waals surface area contributed by atoms with Gasteiger partial charge in [0.1, 0.15) is 0 Å². The molecular formula is C8H16N2O3S2Se. The molecule has 0 bridgehead atoms. The van der Waals surface area contributed by atoms with E-state index in [4.69, 9.17) is 21.7 Å². The monoisotopic (exact) mass is 332 g/mol. The molecule has 0 fully saturated rings. The molecule has 0 spiro atoms. The van der Waals surface area contributed by atoms with Gasteiger partial charge in [-0.05, 0) is 0 Å². The Morgan fingerprint density at radius 2 is 1.56 bits per heavy atom. The van der Waals surface area contributed by atoms with Crippen molar-refractivity contribution in [1.29, 1.82) is 0 Å². The molecular weight excluding hydrogens is 315 g/mol. The van der Waals surface area contributed by atoms with Crippen LogP contribution in [-0.2, 0) is 4.79 Å². The van der Waals surface area contributed by atoms with Crippen LogP contribution in [-0.4, -0.2) is 60.0 Å². The minimum absolute atomic E-state index is 0.124. The number of aliphatic hydroxyl groups is 1. The number of carboxylic acid groups (broad SMARTS) is 1. The van der Waals surface area contributed by atoms with E-state index >= 15 is 0 Å². The Bertz CT molecular complexity index is 219. The third kappa shape index (κ3) is 8.43. The van der Waals surface area contributed by atoms with E-state index in [1.807, 2.05) is 0 Å². The Hall–Kier alpha value is 0.279. The molecule has 0 aromatic rings. The number of aliphatic hydroxyl groups excluding tert-OH is 1. The predicted octanol–water partition coefficient (Wildman–Crippen LogP) is -0.442. The Kier molecular flexibility index (Phi) is 9.49. The van der Waals surface area contributed by atoms with Crippen molar-refractivity contribution < 1.29 is 15.0 Å². The van der Waals surface area contributed by atoms with Crippen LogP contribution in [0, 0.1) is 0 Å². The first kappa shape index (κ1) is 16.3. The zero-order valence-electron chi connectivity index (χ0n) is 8.67. The molecule has 0 heterocycles. The average molecular weight is 331 g/mol. The van der Waals surface area contributed by atoms with Crippen LogP contribution in [0.25, 0.3) is 0 Å². The van der Waals surface area contributed by atoms with Gasteiger partial charge in [-0.1, -0.05) is 0 Å². The van der Waals surface area contributed by atoms with Gasteiger partial charge in [0.25, 0.3) is 0 Å². The minimum atomic E-state index is -0.964. The summed E-state index contributed by atoms with van der Waals surface area (Å²) in [5, 5.41) is 17.5. The van der Waals surface area contributed by atoms with Crippen LogP contribution in [0.4, 0.5) is 0 Å². The maximum atomic E-state index is 10.4. The summed E-state index contributed by atoms with van der Waals surface area (Å²) in [5.41, 5.74) is 10.9. The van der Waals surface area contributed by atoms with E-state index < -0.39 is 12.0 Å². The van der Waals surface area contributed by atoms with Crippen LogP contribution in [0.5, 0.6) is 0 Å². The van der Waals surface area contributed by atoms with Gasteiger partial charge in [-0.25, -0.2) is 0 Å². The standard InChI is InChI=1S/C8H16N2O3S2Se/c9-5(7(11)12)1-3-14-15-4-2-6(10)8(13)16/h5-6H,1-4,9-10H2,(H,11,12)(H,13,16)/t5-,6-/m0/s1. The molecule has 0 aromatic heterocycles. The van der Waals surface area contributed by atoms with Gasteiger partial charge in [-0.2, -0.15) is 0 Å². The average Bonchev–Trinajstić information content (AvgIpc) is 2.21. The van der Waals surface area contributed by atoms with Gasteiger partial charge in [-0.3, -0.25) is 0 Å². The van der Waals surface area contributed by atoms with Gasteiger partial charge < -0.3 is 0 Å². The molecule has 0 saturated carbocycles. The van der Waals surface area contributed by atoms with Crippen LogP contribution in [0.1, 0.15) is 12.8 Å². The van der Waals surface area contributed by atoms with E-state index in [0.717, 1.165) is 5.75 Å². The van der Waals surface area contributed by atoms with Crippen molar-refractivity contribution in [3.05, 3.63) is 0 Å². The van der Waals surface area contributed by atoms with Crippen LogP contribution < -0.4 is 11.5 Å². The van der Waals surface area contributed by atoms with Crippen LogP contribution in [0.3, 0.4) is 0 Å². The molecule has 0 aliphatic carbocycles. The van der Waals surface area contributed by atoms with Crippen molar-refractivity contribution in [2.45, 2.75) is 24.9 Å². The topological polar surface area (TPSA) is 110 Å². The van der Waals surface area contributed by atoms with Gasteiger partial charge in [0.05, 0.1) is 0 Å². The summed E-state index contributed by atoms with van der Waals surface area (Å²) < 4.78 is 0.124. The van der Waals surface area contributed by atoms with E-state index in [2.05, 4.69) is 15.6 Å². The molecule has 0 radical (unpaired) electrons. The molecule has 6 N–H and O–H groups in total. The van der Waals surface area contributed by atoms with Gasteiger partial charge in [0.15, 0.2) is 0 Å². The number of nitrogens with two attached hydrogens (primary N) is 2. The van der Waals surface area contributed by atoms with Crippen molar-refractivity contribution in [2.24, 2.45) is 11.5 Å². The number of hydrogen-bond acceptors (Lipinski definition) is 6. The molecule has 5 nitrogen and oxygen atoms in total. The summed E-state index contributed by atoms with van der Waals surface area (Å²) in [4.78, 5) is 10.4. The fourth-order valence-corrected chi connectivity index (χ4v) is 3.18. The summed E-state index contributed by atoms with van der Waals surface area (Å²) in [5.74, 6) is 0.537. The summed E-state index contributed by atoms with van der Waals surface area (Å²) >= 11 is 2.47. The molecule has 0 amide bonds. The molecule has 94 valence electrons. The first-order valence-electron chi connectivity index (χ1n) is 4.66. The van der Waals surface area contributed by atoms with Crippen molar-refractivity contribution in [1.82, 2.24) is 0 Å². The van der Waals surface area contributed by atoms with Gasteiger partial charge >= 0.3 is 111 Å². The van der Waals surface area contributed by atoms with Gasteiger partial charge in [0, 0.05) is 0 Å². The third-order valence-electron chi connectivity index (χ3n) is 1.74. The normalized spacial score (nSPS) is 14.4. The molecule has 8 heteroatoms. The molecule has 0 aliphatic heterocycles. The second-order valence-corrected chi connectivity index (χ2v) is 6.69. The van der Waals surface area contributed by atoms with E-state index in [9.17, 15) is 4.79 Å². The first-order chi connectivity index (χ1) is 7.45. The Morgan fingerprint density at radius 3 is 1.94 bits per heavy atom. The molecule has 16 heavy (non-hydrogen) atoms. The zero-order valence-corrected chi connectivity index (χ0v) is 12.0. The number of rotatable bonds is 9. The van der Waals surface area contributed by atoms with Crippen molar-refractivity contribution >= 4 is 47.7 Å². The number of hydrogen-bond donors (Lipinski definition) is 4. The number of carboxylic acids is 1. The fraction of sp³-hybridized carbons (Fsp3) is 0.750. The summed E-state index contributed by atoms with van der Waals surface area (Å²) in [6.45, 7) is 0. The van der Waals surface area contributed by atoms with E-state index in [-0.39, 0.29) is 10.6 Å². The number of aliphatic carboxylic acids is 1. The summed E-state index contributed by atoms with van der Waals surface area (Å²) in [6, 6.07) is -1.10. The summed E-state index contributed by atoms with van der Waals surface area (Å²) in [7, 11) is 3.17. The third-order valence-corrected chi connectivity index (χ3v) is 4.85. The predicted molar refractivity (Wildman–Crippen MR) is 70.4 cm³/mol. The van der Waals surface area contributed by atoms with Crippen LogP contribution >= 0.6 is 21.6 Å². The van der Waals surface area contributed by atoms with Gasteiger partial charge in [-0.15, -0.1) is 0 Å². The van der Waals surface area contributed by atoms with Gasteiger partial charge in [0.2, 0.25) is 0 Å². The Balaban J connectivity index is 3.34. The molecule has 0 aromatic carbocycles. The second-order valence-electron chi connectivity index (χ2n) is 3.11. The fourth-order valence-electron chi connectivity index (χ4n) is 0.715. The molecule has 0 saturated heterocycles. The molecule has 2 atom stereocenters. The van der Waals surface area contributed by atoms with Crippen LogP contribution in [0.2, 0.25) is 0 Å². The quantitative estimate of drug-likeness (QED) is 0.257. The maximum absolute atomic E-state index is 10.4. The Labute approximate surface area is 110 Å². The van der Waals surface area contributed by atoms with E-state index in [1.165, 1.54) is 0 Å². The summed E-state index contributed by atoms with van der Waals surface area (Å²) in [6.07, 6.45) is 1.14. The van der Waals surface area contributed by atoms with E-state index in [1.54, 1.807) is 21.6 Å². The van der Waals surface area contributed by atoms with E-state index in [0.29, 0.717) is 18.6 Å². The molecule has 0 rings (SSSR count). The zero-order chi connectivity index (χ0) is 12.6. The first-order valence-corrected chi connectivity index (χ1v) is 8.00.